The molecule has 6 rings (SSSR count). The van der Waals surface area contributed by atoms with Crippen LogP contribution in [0.25, 0.3) is 22.3 Å². The molecule has 0 radical (unpaired) electrons. The molecule has 7 nitrogen and oxygen atoms in total. The highest BCUT2D eigenvalue weighted by molar-refractivity contribution is 5.96. The zero-order valence-electron chi connectivity index (χ0n) is 22.4. The molecule has 0 saturated carbocycles. The zero-order valence-corrected chi connectivity index (χ0v) is 22.4. The third kappa shape index (κ3) is 5.63. The van der Waals surface area contributed by atoms with E-state index in [2.05, 4.69) is 25.7 Å². The molecule has 0 fully saturated rings. The third-order valence-electron chi connectivity index (χ3n) is 6.79. The maximum absolute atomic E-state index is 14.2. The van der Waals surface area contributed by atoms with Gasteiger partial charge in [0.1, 0.15) is 34.4 Å². The highest BCUT2D eigenvalue weighted by atomic mass is 19.4. The molecule has 3 heterocycles. The number of hydrogen-bond acceptors (Lipinski definition) is 5. The van der Waals surface area contributed by atoms with Crippen LogP contribution in [0, 0.1) is 17.5 Å². The van der Waals surface area contributed by atoms with Crippen molar-refractivity contribution in [2.75, 3.05) is 5.32 Å². The minimum Gasteiger partial charge on any atom is -0.345 e. The highest BCUT2D eigenvalue weighted by Gasteiger charge is 2.35. The van der Waals surface area contributed by atoms with Crippen molar-refractivity contribution in [3.05, 3.63) is 126 Å². The lowest BCUT2D eigenvalue weighted by Gasteiger charge is -2.19. The SMILES string of the molecule is O=C(NC1C=C(c2nn3c(C(F)(F)F)cccc3c2-c2ccnc(Nc3cccc(F)c3)n2)C=CC1)c1c(F)cccc1F. The minimum atomic E-state index is -4.74. The third-order valence-corrected chi connectivity index (χ3v) is 6.79. The fourth-order valence-corrected chi connectivity index (χ4v) is 4.89. The van der Waals surface area contributed by atoms with Gasteiger partial charge in [-0.2, -0.15) is 18.3 Å². The standard InChI is InChI=1S/C31H20F6N6O/c32-18-6-2-8-20(16-18)40-30-38-14-13-23(41-30)27-24-11-4-12-25(31(35,36)37)43(24)42-28(27)17-5-1-7-19(15-17)39-29(44)26-21(33)9-3-10-22(26)34/h1-6,8-16,19H,7H2,(H,39,44)(H,38,40,41). The second-order valence-electron chi connectivity index (χ2n) is 9.77. The number of hydrogen-bond donors (Lipinski definition) is 2. The fraction of sp³-hybridized carbons (Fsp3) is 0.0968. The number of alkyl halides is 3. The number of benzene rings is 2. The maximum atomic E-state index is 14.2. The van der Waals surface area contributed by atoms with Crippen molar-refractivity contribution >= 4 is 28.6 Å². The predicted octanol–water partition coefficient (Wildman–Crippen LogP) is 7.11. The summed E-state index contributed by atoms with van der Waals surface area (Å²) < 4.78 is 84.9. The molecule has 1 aliphatic rings. The number of allylic oxidation sites excluding steroid dienone is 2. The van der Waals surface area contributed by atoms with Gasteiger partial charge in [0.2, 0.25) is 5.95 Å². The number of anilines is 2. The number of nitrogens with zero attached hydrogens (tertiary/aromatic N) is 4. The van der Waals surface area contributed by atoms with Gasteiger partial charge in [-0.1, -0.05) is 36.4 Å². The first-order valence-corrected chi connectivity index (χ1v) is 13.2. The van der Waals surface area contributed by atoms with E-state index in [-0.39, 0.29) is 34.8 Å². The Bertz CT molecular complexity index is 1950. The second-order valence-corrected chi connectivity index (χ2v) is 9.77. The van der Waals surface area contributed by atoms with Crippen molar-refractivity contribution in [2.24, 2.45) is 0 Å². The van der Waals surface area contributed by atoms with E-state index in [1.165, 1.54) is 42.6 Å². The van der Waals surface area contributed by atoms with Crippen LogP contribution in [-0.2, 0) is 6.18 Å². The average molecular weight is 607 g/mol. The summed E-state index contributed by atoms with van der Waals surface area (Å²) in [5.74, 6) is -3.50. The number of nitrogens with one attached hydrogen (secondary N) is 2. The Morgan fingerprint density at radius 2 is 1.70 bits per heavy atom. The van der Waals surface area contributed by atoms with Gasteiger partial charge in [-0.25, -0.2) is 27.7 Å². The van der Waals surface area contributed by atoms with E-state index >= 15 is 0 Å². The lowest BCUT2D eigenvalue weighted by Crippen LogP contribution is -2.35. The van der Waals surface area contributed by atoms with E-state index in [0.29, 0.717) is 11.3 Å². The van der Waals surface area contributed by atoms with Gasteiger partial charge < -0.3 is 10.6 Å². The molecular formula is C31H20F6N6O. The molecule has 13 heteroatoms. The van der Waals surface area contributed by atoms with Crippen molar-refractivity contribution < 1.29 is 31.1 Å². The van der Waals surface area contributed by atoms with Crippen LogP contribution in [0.4, 0.5) is 38.0 Å². The topological polar surface area (TPSA) is 84.2 Å². The van der Waals surface area contributed by atoms with Gasteiger partial charge in [0.05, 0.1) is 22.8 Å². The minimum absolute atomic E-state index is 0.0515. The monoisotopic (exact) mass is 606 g/mol. The van der Waals surface area contributed by atoms with Crippen LogP contribution in [0.5, 0.6) is 0 Å². The van der Waals surface area contributed by atoms with E-state index in [1.54, 1.807) is 24.3 Å². The summed E-state index contributed by atoms with van der Waals surface area (Å²) in [5, 5.41) is 9.75. The summed E-state index contributed by atoms with van der Waals surface area (Å²) in [7, 11) is 0. The number of carbonyl (C=O) groups is 1. The number of carbonyl (C=O) groups excluding carboxylic acids is 1. The molecule has 0 saturated heterocycles. The molecule has 2 N–H and O–H groups in total. The van der Waals surface area contributed by atoms with Crippen LogP contribution in [-0.4, -0.2) is 31.5 Å². The molecule has 0 aliphatic heterocycles. The Morgan fingerprint density at radius 3 is 2.45 bits per heavy atom. The molecule has 1 unspecified atom stereocenters. The molecule has 1 atom stereocenters. The summed E-state index contributed by atoms with van der Waals surface area (Å²) in [4.78, 5) is 21.4. The van der Waals surface area contributed by atoms with E-state index in [1.807, 2.05) is 0 Å². The number of pyridine rings is 1. The number of halogens is 6. The van der Waals surface area contributed by atoms with Crippen LogP contribution < -0.4 is 10.6 Å². The molecular weight excluding hydrogens is 586 g/mol. The van der Waals surface area contributed by atoms with Gasteiger partial charge in [-0.15, -0.1) is 0 Å². The molecule has 5 aromatic rings. The van der Waals surface area contributed by atoms with Crippen LogP contribution in [0.2, 0.25) is 0 Å². The summed E-state index contributed by atoms with van der Waals surface area (Å²) in [6.07, 6.45) is 1.72. The van der Waals surface area contributed by atoms with Crippen molar-refractivity contribution in [2.45, 2.75) is 18.6 Å². The highest BCUT2D eigenvalue weighted by Crippen LogP contribution is 2.37. The van der Waals surface area contributed by atoms with Crippen molar-refractivity contribution in [3.8, 4) is 11.3 Å². The smallest absolute Gasteiger partial charge is 0.345 e. The lowest BCUT2D eigenvalue weighted by molar-refractivity contribution is -0.142. The Balaban J connectivity index is 1.44. The average Bonchev–Trinajstić information content (AvgIpc) is 3.37. The van der Waals surface area contributed by atoms with Crippen molar-refractivity contribution in [1.82, 2.24) is 24.9 Å². The van der Waals surface area contributed by atoms with Gasteiger partial charge in [0.15, 0.2) is 0 Å². The van der Waals surface area contributed by atoms with Crippen LogP contribution in [0.3, 0.4) is 0 Å². The quantitative estimate of drug-likeness (QED) is 0.201. The van der Waals surface area contributed by atoms with Gasteiger partial charge >= 0.3 is 6.18 Å². The first-order chi connectivity index (χ1) is 21.1. The molecule has 2 aromatic carbocycles. The first-order valence-electron chi connectivity index (χ1n) is 13.2. The number of amides is 1. The number of aromatic nitrogens is 4. The Labute approximate surface area is 245 Å². The second kappa shape index (κ2) is 11.3. The van der Waals surface area contributed by atoms with Gasteiger partial charge in [0, 0.05) is 17.5 Å². The van der Waals surface area contributed by atoms with E-state index in [4.69, 9.17) is 0 Å². The Kier molecular flexibility index (Phi) is 7.37. The van der Waals surface area contributed by atoms with Crippen molar-refractivity contribution in [3.63, 3.8) is 0 Å². The zero-order chi connectivity index (χ0) is 31.0. The largest absolute Gasteiger partial charge is 0.433 e. The molecule has 1 amide bonds. The van der Waals surface area contributed by atoms with Gasteiger partial charge in [-0.3, -0.25) is 4.79 Å². The van der Waals surface area contributed by atoms with Gasteiger partial charge in [0.25, 0.3) is 5.91 Å². The molecule has 0 spiro atoms. The lowest BCUT2D eigenvalue weighted by atomic mass is 9.96. The summed E-state index contributed by atoms with van der Waals surface area (Å²) >= 11 is 0. The number of fused-ring (bicyclic) bond motifs is 1. The van der Waals surface area contributed by atoms with Crippen LogP contribution in [0.15, 0.2) is 91.2 Å². The van der Waals surface area contributed by atoms with Crippen LogP contribution >= 0.6 is 0 Å². The fourth-order valence-electron chi connectivity index (χ4n) is 4.89. The number of rotatable bonds is 6. The summed E-state index contributed by atoms with van der Waals surface area (Å²) in [6.45, 7) is 0. The predicted molar refractivity (Wildman–Crippen MR) is 150 cm³/mol. The van der Waals surface area contributed by atoms with Gasteiger partial charge in [-0.05, 0) is 55.0 Å². The normalized spacial score (nSPS) is 14.9. The first kappa shape index (κ1) is 28.6. The molecule has 0 bridgehead atoms. The van der Waals surface area contributed by atoms with E-state index < -0.39 is 46.8 Å². The van der Waals surface area contributed by atoms with Crippen LogP contribution in [0.1, 0.15) is 28.2 Å². The molecule has 3 aromatic heterocycles. The maximum Gasteiger partial charge on any atom is 0.433 e. The Hall–Kier alpha value is -5.46. The molecule has 44 heavy (non-hydrogen) atoms. The van der Waals surface area contributed by atoms with E-state index in [0.717, 1.165) is 28.8 Å². The molecule has 222 valence electrons. The molecule has 1 aliphatic carbocycles. The summed E-state index contributed by atoms with van der Waals surface area (Å²) in [6, 6.07) is 12.9. The Morgan fingerprint density at radius 1 is 0.955 bits per heavy atom. The van der Waals surface area contributed by atoms with Crippen molar-refractivity contribution in [1.29, 1.82) is 0 Å². The summed E-state index contributed by atoms with van der Waals surface area (Å²) in [5.41, 5.74) is -0.482. The van der Waals surface area contributed by atoms with E-state index in [9.17, 15) is 31.1 Å².